The molecule has 0 aliphatic carbocycles. The first-order chi connectivity index (χ1) is 8.81. The van der Waals surface area contributed by atoms with Gasteiger partial charge in [-0.05, 0) is 12.8 Å². The molecule has 106 valence electrons. The Morgan fingerprint density at radius 1 is 1.47 bits per heavy atom. The number of hydrogen-bond donors (Lipinski definition) is 1. The number of carbonyl (C=O) groups is 1. The van der Waals surface area contributed by atoms with Crippen molar-refractivity contribution in [2.75, 3.05) is 13.2 Å². The van der Waals surface area contributed by atoms with Gasteiger partial charge in [0.2, 0.25) is 0 Å². The van der Waals surface area contributed by atoms with E-state index in [1.54, 1.807) is 11.3 Å². The van der Waals surface area contributed by atoms with Crippen molar-refractivity contribution in [2.45, 2.75) is 51.0 Å². The zero-order valence-electron chi connectivity index (χ0n) is 11.9. The SMILES string of the molecule is CC(C)(C)c1csc(CC(=O)C2(N)CCOCC2)n1. The minimum Gasteiger partial charge on any atom is -0.381 e. The van der Waals surface area contributed by atoms with Crippen molar-refractivity contribution in [1.29, 1.82) is 0 Å². The van der Waals surface area contributed by atoms with E-state index in [1.165, 1.54) is 0 Å². The van der Waals surface area contributed by atoms with Gasteiger partial charge in [-0.15, -0.1) is 11.3 Å². The van der Waals surface area contributed by atoms with Gasteiger partial charge < -0.3 is 10.5 Å². The molecule has 1 fully saturated rings. The summed E-state index contributed by atoms with van der Waals surface area (Å²) >= 11 is 1.55. The summed E-state index contributed by atoms with van der Waals surface area (Å²) in [7, 11) is 0. The summed E-state index contributed by atoms with van der Waals surface area (Å²) in [5.74, 6) is 0.0885. The summed E-state index contributed by atoms with van der Waals surface area (Å²) in [6.07, 6.45) is 1.57. The van der Waals surface area contributed by atoms with Gasteiger partial charge >= 0.3 is 0 Å². The average Bonchev–Trinajstić information content (AvgIpc) is 2.78. The Labute approximate surface area is 118 Å². The molecule has 2 N–H and O–H groups in total. The highest BCUT2D eigenvalue weighted by Crippen LogP contribution is 2.26. The molecular formula is C14H22N2O2S. The van der Waals surface area contributed by atoms with Crippen LogP contribution in [0.1, 0.15) is 44.3 Å². The number of Topliss-reactive ketones (excluding diaryl/α,β-unsaturated/α-hetero) is 1. The second kappa shape index (κ2) is 5.31. The molecule has 2 rings (SSSR count). The Kier molecular flexibility index (Phi) is 4.08. The number of thiazole rings is 1. The monoisotopic (exact) mass is 282 g/mol. The Morgan fingerprint density at radius 3 is 2.63 bits per heavy atom. The summed E-state index contributed by atoms with van der Waals surface area (Å²) in [5.41, 5.74) is 6.54. The van der Waals surface area contributed by atoms with E-state index in [4.69, 9.17) is 10.5 Å². The lowest BCUT2D eigenvalue weighted by Crippen LogP contribution is -2.52. The van der Waals surface area contributed by atoms with Crippen LogP contribution in [0.5, 0.6) is 0 Å². The maximum atomic E-state index is 12.3. The van der Waals surface area contributed by atoms with Crippen molar-refractivity contribution in [3.8, 4) is 0 Å². The van der Waals surface area contributed by atoms with Gasteiger partial charge in [0.15, 0.2) is 5.78 Å². The molecule has 1 saturated heterocycles. The van der Waals surface area contributed by atoms with Crippen LogP contribution in [0.3, 0.4) is 0 Å². The minimum atomic E-state index is -0.716. The van der Waals surface area contributed by atoms with Gasteiger partial charge in [-0.1, -0.05) is 20.8 Å². The molecule has 0 atom stereocenters. The fraction of sp³-hybridized carbons (Fsp3) is 0.714. The number of ketones is 1. The fourth-order valence-electron chi connectivity index (χ4n) is 2.06. The predicted octanol–water partition coefficient (Wildman–Crippen LogP) is 2.06. The van der Waals surface area contributed by atoms with Crippen LogP contribution < -0.4 is 5.73 Å². The molecule has 2 heterocycles. The van der Waals surface area contributed by atoms with E-state index >= 15 is 0 Å². The molecule has 1 aliphatic heterocycles. The smallest absolute Gasteiger partial charge is 0.159 e. The van der Waals surface area contributed by atoms with Crippen molar-refractivity contribution >= 4 is 17.1 Å². The van der Waals surface area contributed by atoms with Crippen molar-refractivity contribution in [1.82, 2.24) is 4.98 Å². The van der Waals surface area contributed by atoms with Gasteiger partial charge in [-0.25, -0.2) is 4.98 Å². The Hall–Kier alpha value is -0.780. The number of hydrogen-bond acceptors (Lipinski definition) is 5. The zero-order chi connectivity index (χ0) is 14.1. The molecule has 0 unspecified atom stereocenters. The maximum Gasteiger partial charge on any atom is 0.159 e. The lowest BCUT2D eigenvalue weighted by Gasteiger charge is -2.31. The molecule has 0 aromatic carbocycles. The summed E-state index contributed by atoms with van der Waals surface area (Å²) in [6, 6.07) is 0. The molecule has 19 heavy (non-hydrogen) atoms. The normalized spacial score (nSPS) is 19.4. The molecule has 0 spiro atoms. The van der Waals surface area contributed by atoms with Gasteiger partial charge in [-0.2, -0.15) is 0 Å². The van der Waals surface area contributed by atoms with E-state index in [1.807, 2.05) is 5.38 Å². The van der Waals surface area contributed by atoms with Crippen molar-refractivity contribution in [2.24, 2.45) is 5.73 Å². The summed E-state index contributed by atoms with van der Waals surface area (Å²) in [4.78, 5) is 16.9. The number of ether oxygens (including phenoxy) is 1. The highest BCUT2D eigenvalue weighted by Gasteiger charge is 2.35. The maximum absolute atomic E-state index is 12.3. The number of nitrogens with zero attached hydrogens (tertiary/aromatic N) is 1. The summed E-state index contributed by atoms with van der Waals surface area (Å²) in [6.45, 7) is 7.52. The third-order valence-electron chi connectivity index (χ3n) is 3.57. The molecule has 0 saturated carbocycles. The largest absolute Gasteiger partial charge is 0.381 e. The van der Waals surface area contributed by atoms with E-state index < -0.39 is 5.54 Å². The number of aromatic nitrogens is 1. The molecule has 1 aromatic rings. The van der Waals surface area contributed by atoms with Crippen LogP contribution in [0.2, 0.25) is 0 Å². The zero-order valence-corrected chi connectivity index (χ0v) is 12.7. The summed E-state index contributed by atoms with van der Waals surface area (Å²) in [5, 5.41) is 2.90. The van der Waals surface area contributed by atoms with Crippen LogP contribution in [-0.2, 0) is 21.4 Å². The third-order valence-corrected chi connectivity index (χ3v) is 4.42. The van der Waals surface area contributed by atoms with Crippen LogP contribution in [0, 0.1) is 0 Å². The molecule has 1 aromatic heterocycles. The first-order valence-electron chi connectivity index (χ1n) is 6.66. The lowest BCUT2D eigenvalue weighted by atomic mass is 9.85. The highest BCUT2D eigenvalue weighted by molar-refractivity contribution is 7.09. The number of carbonyl (C=O) groups excluding carboxylic acids is 1. The molecule has 5 heteroatoms. The van der Waals surface area contributed by atoms with Gasteiger partial charge in [0.1, 0.15) is 5.01 Å². The average molecular weight is 282 g/mol. The van der Waals surface area contributed by atoms with E-state index in [9.17, 15) is 4.79 Å². The third kappa shape index (κ3) is 3.41. The van der Waals surface area contributed by atoms with Crippen molar-refractivity contribution < 1.29 is 9.53 Å². The fourth-order valence-corrected chi connectivity index (χ4v) is 3.08. The first kappa shape index (κ1) is 14.6. The second-order valence-electron chi connectivity index (χ2n) is 6.24. The van der Waals surface area contributed by atoms with Gasteiger partial charge in [0, 0.05) is 24.0 Å². The Morgan fingerprint density at radius 2 is 2.11 bits per heavy atom. The van der Waals surface area contributed by atoms with Crippen LogP contribution in [0.15, 0.2) is 5.38 Å². The summed E-state index contributed by atoms with van der Waals surface area (Å²) < 4.78 is 5.27. The Balaban J connectivity index is 2.04. The topological polar surface area (TPSA) is 65.2 Å². The highest BCUT2D eigenvalue weighted by atomic mass is 32.1. The molecule has 0 bridgehead atoms. The molecule has 1 aliphatic rings. The molecule has 0 radical (unpaired) electrons. The Bertz CT molecular complexity index is 456. The van der Waals surface area contributed by atoms with E-state index in [0.717, 1.165) is 10.7 Å². The standard InChI is InChI=1S/C14H22N2O2S/c1-13(2,3)10-9-19-12(16-10)8-11(17)14(15)4-6-18-7-5-14/h9H,4-8,15H2,1-3H3. The molecule has 4 nitrogen and oxygen atoms in total. The van der Waals surface area contributed by atoms with Crippen LogP contribution in [0.25, 0.3) is 0 Å². The van der Waals surface area contributed by atoms with Gasteiger partial charge in [-0.3, -0.25) is 4.79 Å². The minimum absolute atomic E-state index is 0.0247. The molecule has 0 amide bonds. The first-order valence-corrected chi connectivity index (χ1v) is 7.54. The van der Waals surface area contributed by atoms with Gasteiger partial charge in [0.25, 0.3) is 0 Å². The van der Waals surface area contributed by atoms with Crippen LogP contribution >= 0.6 is 11.3 Å². The van der Waals surface area contributed by atoms with Crippen LogP contribution in [-0.4, -0.2) is 29.5 Å². The lowest BCUT2D eigenvalue weighted by molar-refractivity contribution is -0.126. The van der Waals surface area contributed by atoms with Crippen molar-refractivity contribution in [3.63, 3.8) is 0 Å². The predicted molar refractivity (Wildman–Crippen MR) is 76.5 cm³/mol. The van der Waals surface area contributed by atoms with E-state index in [2.05, 4.69) is 25.8 Å². The van der Waals surface area contributed by atoms with Crippen molar-refractivity contribution in [3.05, 3.63) is 16.1 Å². The quantitative estimate of drug-likeness (QED) is 0.921. The molecular weight excluding hydrogens is 260 g/mol. The van der Waals surface area contributed by atoms with Gasteiger partial charge in [0.05, 0.1) is 17.7 Å². The van der Waals surface area contributed by atoms with E-state index in [0.29, 0.717) is 32.5 Å². The second-order valence-corrected chi connectivity index (χ2v) is 7.19. The van der Waals surface area contributed by atoms with E-state index in [-0.39, 0.29) is 11.2 Å². The van der Waals surface area contributed by atoms with Crippen LogP contribution in [0.4, 0.5) is 0 Å². The number of rotatable bonds is 3. The number of nitrogens with two attached hydrogens (primary N) is 1.